The van der Waals surface area contributed by atoms with Crippen molar-refractivity contribution in [1.82, 2.24) is 9.99 Å². The van der Waals surface area contributed by atoms with Crippen LogP contribution in [0, 0.1) is 0 Å². The molecule has 1 aromatic heterocycles. The maximum atomic E-state index is 11.8. The molecule has 2 amide bonds. The molecule has 5 nitrogen and oxygen atoms in total. The molecule has 0 aliphatic heterocycles. The maximum Gasteiger partial charge on any atom is 0.339 e. The van der Waals surface area contributed by atoms with E-state index in [0.29, 0.717) is 5.69 Å². The van der Waals surface area contributed by atoms with Crippen LogP contribution in [0.5, 0.6) is 0 Å². The number of benzene rings is 2. The third-order valence-electron chi connectivity index (χ3n) is 3.28. The predicted molar refractivity (Wildman–Crippen MR) is 99.7 cm³/mol. The van der Waals surface area contributed by atoms with Gasteiger partial charge in [-0.1, -0.05) is 34.1 Å². The Morgan fingerprint density at radius 3 is 2.50 bits per heavy atom. The van der Waals surface area contributed by atoms with E-state index in [4.69, 9.17) is 0 Å². The second-order valence-corrected chi connectivity index (χ2v) is 5.89. The molecule has 0 radical (unpaired) electrons. The summed E-state index contributed by atoms with van der Waals surface area (Å²) in [6.45, 7) is 0. The second-order valence-electron chi connectivity index (χ2n) is 4.97. The fraction of sp³-hybridized carbons (Fsp3) is 0. The van der Waals surface area contributed by atoms with Crippen LogP contribution in [0.15, 0.2) is 82.5 Å². The van der Waals surface area contributed by atoms with Crippen LogP contribution in [0.25, 0.3) is 5.69 Å². The summed E-state index contributed by atoms with van der Waals surface area (Å²) in [5.41, 5.74) is 5.05. The van der Waals surface area contributed by atoms with E-state index in [0.717, 1.165) is 15.9 Å². The van der Waals surface area contributed by atoms with Gasteiger partial charge in [-0.05, 0) is 48.5 Å². The lowest BCUT2D eigenvalue weighted by molar-refractivity contribution is 0.252. The first-order chi connectivity index (χ1) is 11.7. The van der Waals surface area contributed by atoms with Crippen LogP contribution < -0.4 is 10.7 Å². The highest BCUT2D eigenvalue weighted by atomic mass is 79.9. The van der Waals surface area contributed by atoms with Gasteiger partial charge in [-0.3, -0.25) is 0 Å². The van der Waals surface area contributed by atoms with Gasteiger partial charge in [-0.25, -0.2) is 10.2 Å². The normalized spacial score (nSPS) is 10.7. The van der Waals surface area contributed by atoms with Crippen molar-refractivity contribution >= 4 is 33.9 Å². The van der Waals surface area contributed by atoms with E-state index in [-0.39, 0.29) is 0 Å². The molecule has 3 rings (SSSR count). The number of hydrazone groups is 1. The van der Waals surface area contributed by atoms with E-state index >= 15 is 0 Å². The fourth-order valence-electron chi connectivity index (χ4n) is 2.17. The van der Waals surface area contributed by atoms with E-state index in [1.807, 2.05) is 65.4 Å². The minimum absolute atomic E-state index is 0.397. The number of carbonyl (C=O) groups excluding carboxylic acids is 1. The summed E-state index contributed by atoms with van der Waals surface area (Å²) < 4.78 is 2.94. The van der Waals surface area contributed by atoms with Gasteiger partial charge in [0.1, 0.15) is 0 Å². The molecule has 0 aliphatic rings. The van der Waals surface area contributed by atoms with Crippen LogP contribution in [0.4, 0.5) is 10.5 Å². The first kappa shape index (κ1) is 16.0. The Bertz CT molecular complexity index is 841. The lowest BCUT2D eigenvalue weighted by Gasteiger charge is -2.06. The molecule has 0 bridgehead atoms. The Kier molecular flexibility index (Phi) is 5.08. The zero-order valence-corrected chi connectivity index (χ0v) is 14.3. The van der Waals surface area contributed by atoms with Gasteiger partial charge >= 0.3 is 6.03 Å². The molecule has 2 N–H and O–H groups in total. The van der Waals surface area contributed by atoms with Crippen molar-refractivity contribution in [2.45, 2.75) is 0 Å². The third kappa shape index (κ3) is 4.11. The number of carbonyl (C=O) groups is 1. The molecule has 0 fully saturated rings. The van der Waals surface area contributed by atoms with Crippen molar-refractivity contribution in [2.24, 2.45) is 5.10 Å². The average Bonchev–Trinajstić information content (AvgIpc) is 3.06. The van der Waals surface area contributed by atoms with Crippen LogP contribution in [0.1, 0.15) is 5.69 Å². The molecular weight excluding hydrogens is 368 g/mol. The number of para-hydroxylation sites is 1. The molecular formula is C18H15BrN4O. The van der Waals surface area contributed by atoms with Crippen molar-refractivity contribution in [3.63, 3.8) is 0 Å². The number of nitrogens with zero attached hydrogens (tertiary/aromatic N) is 2. The number of anilines is 1. The number of rotatable bonds is 4. The minimum Gasteiger partial charge on any atom is -0.316 e. The highest BCUT2D eigenvalue weighted by Gasteiger charge is 2.02. The second kappa shape index (κ2) is 7.61. The Labute approximate surface area is 148 Å². The monoisotopic (exact) mass is 382 g/mol. The standard InChI is InChI=1S/C18H15BrN4O/c19-14-8-10-15(11-9-14)21-18(24)22-20-13-17-7-4-12-23(17)16-5-2-1-3-6-16/h1-13H,(H2,21,22,24). The molecule has 0 unspecified atom stereocenters. The molecule has 0 atom stereocenters. The van der Waals surface area contributed by atoms with Gasteiger partial charge in [0.05, 0.1) is 11.9 Å². The van der Waals surface area contributed by atoms with Gasteiger partial charge in [0.25, 0.3) is 0 Å². The molecule has 0 saturated heterocycles. The minimum atomic E-state index is -0.397. The van der Waals surface area contributed by atoms with Gasteiger partial charge in [0.2, 0.25) is 0 Å². The van der Waals surface area contributed by atoms with E-state index in [1.54, 1.807) is 18.3 Å². The summed E-state index contributed by atoms with van der Waals surface area (Å²) in [5, 5.41) is 6.70. The average molecular weight is 383 g/mol. The molecule has 0 saturated carbocycles. The quantitative estimate of drug-likeness (QED) is 0.509. The Morgan fingerprint density at radius 2 is 1.75 bits per heavy atom. The molecule has 0 aliphatic carbocycles. The summed E-state index contributed by atoms with van der Waals surface area (Å²) in [7, 11) is 0. The van der Waals surface area contributed by atoms with E-state index in [9.17, 15) is 4.79 Å². The highest BCUT2D eigenvalue weighted by Crippen LogP contribution is 2.14. The first-order valence-electron chi connectivity index (χ1n) is 7.31. The number of halogens is 1. The topological polar surface area (TPSA) is 58.4 Å². The maximum absolute atomic E-state index is 11.8. The van der Waals surface area contributed by atoms with E-state index < -0.39 is 6.03 Å². The van der Waals surface area contributed by atoms with Gasteiger partial charge in [-0.2, -0.15) is 5.10 Å². The van der Waals surface area contributed by atoms with E-state index in [2.05, 4.69) is 31.8 Å². The van der Waals surface area contributed by atoms with Crippen molar-refractivity contribution < 1.29 is 4.79 Å². The van der Waals surface area contributed by atoms with Crippen molar-refractivity contribution in [3.8, 4) is 5.69 Å². The van der Waals surface area contributed by atoms with Crippen LogP contribution >= 0.6 is 15.9 Å². The largest absolute Gasteiger partial charge is 0.339 e. The van der Waals surface area contributed by atoms with Gasteiger partial charge in [0.15, 0.2) is 0 Å². The number of hydrogen-bond donors (Lipinski definition) is 2. The van der Waals surface area contributed by atoms with Crippen LogP contribution in [0.3, 0.4) is 0 Å². The smallest absolute Gasteiger partial charge is 0.316 e. The lowest BCUT2D eigenvalue weighted by Crippen LogP contribution is -2.24. The van der Waals surface area contributed by atoms with Crippen molar-refractivity contribution in [3.05, 3.63) is 83.1 Å². The summed E-state index contributed by atoms with van der Waals surface area (Å²) in [6.07, 6.45) is 3.55. The molecule has 24 heavy (non-hydrogen) atoms. The van der Waals surface area contributed by atoms with Gasteiger partial charge in [0, 0.05) is 22.0 Å². The van der Waals surface area contributed by atoms with Crippen LogP contribution in [-0.4, -0.2) is 16.8 Å². The Balaban J connectivity index is 1.62. The van der Waals surface area contributed by atoms with Gasteiger partial charge in [-0.15, -0.1) is 0 Å². The number of aromatic nitrogens is 1. The summed E-state index contributed by atoms with van der Waals surface area (Å²) >= 11 is 3.35. The van der Waals surface area contributed by atoms with E-state index in [1.165, 1.54) is 0 Å². The Hall–Kier alpha value is -2.86. The third-order valence-corrected chi connectivity index (χ3v) is 3.81. The zero-order chi connectivity index (χ0) is 16.8. The predicted octanol–water partition coefficient (Wildman–Crippen LogP) is 4.40. The number of hydrogen-bond acceptors (Lipinski definition) is 2. The number of nitrogens with one attached hydrogen (secondary N) is 2. The van der Waals surface area contributed by atoms with Crippen LogP contribution in [0.2, 0.25) is 0 Å². The lowest BCUT2D eigenvalue weighted by atomic mass is 10.3. The number of amides is 2. The fourth-order valence-corrected chi connectivity index (χ4v) is 2.44. The van der Waals surface area contributed by atoms with Crippen molar-refractivity contribution in [1.29, 1.82) is 0 Å². The first-order valence-corrected chi connectivity index (χ1v) is 8.10. The van der Waals surface area contributed by atoms with Gasteiger partial charge < -0.3 is 9.88 Å². The highest BCUT2D eigenvalue weighted by molar-refractivity contribution is 9.10. The number of urea groups is 1. The molecule has 3 aromatic rings. The molecule has 0 spiro atoms. The SMILES string of the molecule is O=C(NN=Cc1cccn1-c1ccccc1)Nc1ccc(Br)cc1. The summed E-state index contributed by atoms with van der Waals surface area (Å²) in [4.78, 5) is 11.8. The van der Waals surface area contributed by atoms with Crippen molar-refractivity contribution in [2.75, 3.05) is 5.32 Å². The Morgan fingerprint density at radius 1 is 1.00 bits per heavy atom. The molecule has 1 heterocycles. The molecule has 120 valence electrons. The summed E-state index contributed by atoms with van der Waals surface area (Å²) in [6, 6.07) is 20.7. The van der Waals surface area contributed by atoms with Crippen LogP contribution in [-0.2, 0) is 0 Å². The molecule has 2 aromatic carbocycles. The molecule has 6 heteroatoms. The summed E-state index contributed by atoms with van der Waals surface area (Å²) in [5.74, 6) is 0. The zero-order valence-electron chi connectivity index (χ0n) is 12.7.